The average molecular weight is 223 g/mol. The normalized spacial score (nSPS) is 12.1. The van der Waals surface area contributed by atoms with Gasteiger partial charge in [0.05, 0.1) is 0 Å². The highest BCUT2D eigenvalue weighted by Gasteiger charge is 2.12. The minimum Gasteiger partial charge on any atom is -0.479 e. The molecule has 0 aliphatic carbocycles. The Morgan fingerprint density at radius 2 is 2.31 bits per heavy atom. The zero-order chi connectivity index (χ0) is 12.0. The molecule has 0 amide bonds. The van der Waals surface area contributed by atoms with E-state index in [1.54, 1.807) is 6.07 Å². The van der Waals surface area contributed by atoms with E-state index < -0.39 is 12.1 Å². The summed E-state index contributed by atoms with van der Waals surface area (Å²) in [5.41, 5.74) is 1.08. The summed E-state index contributed by atoms with van der Waals surface area (Å²) >= 11 is 0. The Balaban J connectivity index is 2.63. The van der Waals surface area contributed by atoms with Crippen LogP contribution in [0.4, 0.5) is 0 Å². The highest BCUT2D eigenvalue weighted by molar-refractivity contribution is 5.72. The predicted octanol–water partition coefficient (Wildman–Crippen LogP) is 1.65. The van der Waals surface area contributed by atoms with Crippen LogP contribution in [0.15, 0.2) is 24.3 Å². The third-order valence-electron chi connectivity index (χ3n) is 2.14. The van der Waals surface area contributed by atoms with E-state index in [9.17, 15) is 4.79 Å². The van der Waals surface area contributed by atoms with Gasteiger partial charge >= 0.3 is 5.97 Å². The molecule has 0 aliphatic heterocycles. The maximum Gasteiger partial charge on any atom is 0.344 e. The Labute approximate surface area is 95.2 Å². The van der Waals surface area contributed by atoms with Crippen molar-refractivity contribution in [3.05, 3.63) is 29.8 Å². The van der Waals surface area contributed by atoms with E-state index in [1.807, 2.05) is 25.1 Å². The Morgan fingerprint density at radius 1 is 1.56 bits per heavy atom. The summed E-state index contributed by atoms with van der Waals surface area (Å²) in [5.74, 6) is -0.373. The van der Waals surface area contributed by atoms with Gasteiger partial charge in [-0.3, -0.25) is 0 Å². The molecule has 2 N–H and O–H groups in total. The molecule has 16 heavy (non-hydrogen) atoms. The number of aliphatic carboxylic acids is 1. The Bertz CT molecular complexity index is 352. The first-order valence-corrected chi connectivity index (χ1v) is 5.32. The summed E-state index contributed by atoms with van der Waals surface area (Å²) in [4.78, 5) is 10.6. The molecule has 0 aromatic heterocycles. The van der Waals surface area contributed by atoms with Gasteiger partial charge in [0, 0.05) is 6.54 Å². The van der Waals surface area contributed by atoms with Gasteiger partial charge in [0.25, 0.3) is 0 Å². The summed E-state index contributed by atoms with van der Waals surface area (Å²) < 4.78 is 5.27. The van der Waals surface area contributed by atoms with Crippen molar-refractivity contribution < 1.29 is 14.6 Å². The SMILES string of the molecule is CCNCc1cccc(OC(C)C(=O)O)c1. The number of carboxylic acids is 1. The molecule has 0 heterocycles. The highest BCUT2D eigenvalue weighted by atomic mass is 16.5. The second-order valence-electron chi connectivity index (χ2n) is 3.53. The van der Waals surface area contributed by atoms with Crippen LogP contribution < -0.4 is 10.1 Å². The summed E-state index contributed by atoms with van der Waals surface area (Å²) in [6, 6.07) is 7.44. The summed E-state index contributed by atoms with van der Waals surface area (Å²) in [6.07, 6.45) is -0.825. The fraction of sp³-hybridized carbons (Fsp3) is 0.417. The topological polar surface area (TPSA) is 58.6 Å². The fourth-order valence-corrected chi connectivity index (χ4v) is 1.25. The van der Waals surface area contributed by atoms with Crippen LogP contribution in [0.25, 0.3) is 0 Å². The first-order valence-electron chi connectivity index (χ1n) is 5.32. The van der Waals surface area contributed by atoms with Crippen molar-refractivity contribution in [3.63, 3.8) is 0 Å². The second kappa shape index (κ2) is 6.12. The third kappa shape index (κ3) is 3.90. The van der Waals surface area contributed by atoms with E-state index in [0.717, 1.165) is 18.7 Å². The van der Waals surface area contributed by atoms with Crippen LogP contribution in [-0.2, 0) is 11.3 Å². The molecule has 88 valence electrons. The maximum absolute atomic E-state index is 10.6. The van der Waals surface area contributed by atoms with Gasteiger partial charge in [0.2, 0.25) is 0 Å². The van der Waals surface area contributed by atoms with Crippen molar-refractivity contribution in [2.24, 2.45) is 0 Å². The molecule has 4 nitrogen and oxygen atoms in total. The van der Waals surface area contributed by atoms with E-state index in [1.165, 1.54) is 6.92 Å². The molecule has 1 aromatic carbocycles. The van der Waals surface area contributed by atoms with Crippen LogP contribution in [-0.4, -0.2) is 23.7 Å². The van der Waals surface area contributed by atoms with E-state index in [2.05, 4.69) is 5.32 Å². The molecule has 0 aliphatic rings. The highest BCUT2D eigenvalue weighted by Crippen LogP contribution is 2.14. The first-order chi connectivity index (χ1) is 7.63. The predicted molar refractivity (Wildman–Crippen MR) is 61.5 cm³/mol. The van der Waals surface area contributed by atoms with Crippen molar-refractivity contribution in [2.75, 3.05) is 6.54 Å². The lowest BCUT2D eigenvalue weighted by Crippen LogP contribution is -2.23. The molecule has 1 atom stereocenters. The van der Waals surface area contributed by atoms with E-state index in [4.69, 9.17) is 9.84 Å². The van der Waals surface area contributed by atoms with E-state index >= 15 is 0 Å². The zero-order valence-corrected chi connectivity index (χ0v) is 9.56. The van der Waals surface area contributed by atoms with E-state index in [0.29, 0.717) is 5.75 Å². The molecule has 0 spiro atoms. The molecule has 1 aromatic rings. The number of carboxylic acid groups (broad SMARTS) is 1. The Kier molecular flexibility index (Phi) is 4.79. The number of hydrogen-bond acceptors (Lipinski definition) is 3. The molecule has 0 saturated carbocycles. The number of benzene rings is 1. The lowest BCUT2D eigenvalue weighted by Gasteiger charge is -2.11. The van der Waals surface area contributed by atoms with Crippen molar-refractivity contribution in [3.8, 4) is 5.75 Å². The maximum atomic E-state index is 10.6. The molecule has 0 bridgehead atoms. The van der Waals surface area contributed by atoms with Crippen LogP contribution >= 0.6 is 0 Å². The Hall–Kier alpha value is -1.55. The molecular formula is C12H17NO3. The third-order valence-corrected chi connectivity index (χ3v) is 2.14. The molecular weight excluding hydrogens is 206 g/mol. The molecule has 0 saturated heterocycles. The average Bonchev–Trinajstić information content (AvgIpc) is 2.26. The minimum atomic E-state index is -0.961. The monoisotopic (exact) mass is 223 g/mol. The first kappa shape index (κ1) is 12.5. The second-order valence-corrected chi connectivity index (χ2v) is 3.53. The molecule has 1 unspecified atom stereocenters. The van der Waals surface area contributed by atoms with Gasteiger partial charge < -0.3 is 15.2 Å². The molecule has 1 rings (SSSR count). The van der Waals surface area contributed by atoms with Crippen LogP contribution in [0.2, 0.25) is 0 Å². The summed E-state index contributed by atoms with van der Waals surface area (Å²) in [7, 11) is 0. The summed E-state index contributed by atoms with van der Waals surface area (Å²) in [5, 5.41) is 11.9. The standard InChI is InChI=1S/C12H17NO3/c1-3-13-8-10-5-4-6-11(7-10)16-9(2)12(14)15/h4-7,9,13H,3,8H2,1-2H3,(H,14,15). The van der Waals surface area contributed by atoms with Crippen molar-refractivity contribution >= 4 is 5.97 Å². The largest absolute Gasteiger partial charge is 0.479 e. The van der Waals surface area contributed by atoms with Crippen LogP contribution in [0.3, 0.4) is 0 Å². The number of rotatable bonds is 6. The quantitative estimate of drug-likeness (QED) is 0.769. The van der Waals surface area contributed by atoms with Gasteiger partial charge in [0.15, 0.2) is 6.10 Å². The number of carbonyl (C=O) groups is 1. The molecule has 0 fully saturated rings. The number of nitrogens with one attached hydrogen (secondary N) is 1. The lowest BCUT2D eigenvalue weighted by atomic mass is 10.2. The van der Waals surface area contributed by atoms with Gasteiger partial charge in [-0.25, -0.2) is 4.79 Å². The molecule has 4 heteroatoms. The Morgan fingerprint density at radius 3 is 2.94 bits per heavy atom. The van der Waals surface area contributed by atoms with Gasteiger partial charge in [-0.05, 0) is 31.2 Å². The number of ether oxygens (including phenoxy) is 1. The van der Waals surface area contributed by atoms with Crippen LogP contribution in [0, 0.1) is 0 Å². The lowest BCUT2D eigenvalue weighted by molar-refractivity contribution is -0.144. The minimum absolute atomic E-state index is 0.588. The smallest absolute Gasteiger partial charge is 0.344 e. The fourth-order valence-electron chi connectivity index (χ4n) is 1.25. The van der Waals surface area contributed by atoms with E-state index in [-0.39, 0.29) is 0 Å². The van der Waals surface area contributed by atoms with Gasteiger partial charge in [-0.1, -0.05) is 19.1 Å². The zero-order valence-electron chi connectivity index (χ0n) is 9.56. The van der Waals surface area contributed by atoms with Gasteiger partial charge in [0.1, 0.15) is 5.75 Å². The van der Waals surface area contributed by atoms with Gasteiger partial charge in [-0.15, -0.1) is 0 Å². The van der Waals surface area contributed by atoms with Gasteiger partial charge in [-0.2, -0.15) is 0 Å². The van der Waals surface area contributed by atoms with Crippen LogP contribution in [0.5, 0.6) is 5.75 Å². The number of hydrogen-bond donors (Lipinski definition) is 2. The summed E-state index contributed by atoms with van der Waals surface area (Å²) in [6.45, 7) is 5.21. The van der Waals surface area contributed by atoms with Crippen molar-refractivity contribution in [1.82, 2.24) is 5.32 Å². The molecule has 0 radical (unpaired) electrons. The van der Waals surface area contributed by atoms with Crippen LogP contribution in [0.1, 0.15) is 19.4 Å². The van der Waals surface area contributed by atoms with Crippen molar-refractivity contribution in [2.45, 2.75) is 26.5 Å². The van der Waals surface area contributed by atoms with Crippen molar-refractivity contribution in [1.29, 1.82) is 0 Å².